The van der Waals surface area contributed by atoms with E-state index in [-0.39, 0.29) is 6.09 Å². The Labute approximate surface area is 149 Å². The Morgan fingerprint density at radius 1 is 1.32 bits per heavy atom. The van der Waals surface area contributed by atoms with Gasteiger partial charge in [0.15, 0.2) is 0 Å². The van der Waals surface area contributed by atoms with E-state index in [0.717, 1.165) is 31.7 Å². The van der Waals surface area contributed by atoms with Crippen LogP contribution in [-0.4, -0.2) is 59.8 Å². The molecule has 0 aromatic carbocycles. The first kappa shape index (κ1) is 17.8. The molecule has 1 unspecified atom stereocenters. The Morgan fingerprint density at radius 3 is 2.84 bits per heavy atom. The van der Waals surface area contributed by atoms with Crippen molar-refractivity contribution < 1.29 is 9.53 Å². The van der Waals surface area contributed by atoms with Crippen LogP contribution in [0.2, 0.25) is 0 Å². The van der Waals surface area contributed by atoms with E-state index in [2.05, 4.69) is 22.1 Å². The Kier molecular flexibility index (Phi) is 5.94. The van der Waals surface area contributed by atoms with Crippen LogP contribution in [0.4, 0.5) is 16.6 Å². The summed E-state index contributed by atoms with van der Waals surface area (Å²) < 4.78 is 5.06. The van der Waals surface area contributed by atoms with Gasteiger partial charge in [0.2, 0.25) is 5.95 Å². The number of hydrogen-bond donors (Lipinski definition) is 1. The average molecular weight is 347 g/mol. The number of hydrogen-bond acceptors (Lipinski definition) is 6. The molecule has 138 valence electrons. The quantitative estimate of drug-likeness (QED) is 0.903. The molecule has 1 aromatic heterocycles. The second kappa shape index (κ2) is 8.36. The summed E-state index contributed by atoms with van der Waals surface area (Å²) >= 11 is 0. The molecule has 0 bridgehead atoms. The number of carbonyl (C=O) groups is 1. The maximum atomic E-state index is 11.8. The van der Waals surface area contributed by atoms with Crippen molar-refractivity contribution >= 4 is 17.9 Å². The van der Waals surface area contributed by atoms with Crippen LogP contribution in [0.15, 0.2) is 12.3 Å². The molecule has 7 nitrogen and oxygen atoms in total. The van der Waals surface area contributed by atoms with Crippen LogP contribution >= 0.6 is 0 Å². The molecular weight excluding hydrogens is 318 g/mol. The second-order valence-electron chi connectivity index (χ2n) is 7.04. The summed E-state index contributed by atoms with van der Waals surface area (Å²) in [5.41, 5.74) is 0. The minimum Gasteiger partial charge on any atom is -0.450 e. The number of nitrogens with zero attached hydrogens (tertiary/aromatic N) is 4. The number of carbonyl (C=O) groups excluding carboxylic acids is 1. The van der Waals surface area contributed by atoms with Crippen molar-refractivity contribution in [2.24, 2.45) is 5.92 Å². The van der Waals surface area contributed by atoms with E-state index in [1.165, 1.54) is 12.8 Å². The van der Waals surface area contributed by atoms with Gasteiger partial charge in [-0.1, -0.05) is 6.92 Å². The van der Waals surface area contributed by atoms with E-state index in [9.17, 15) is 4.79 Å². The number of rotatable bonds is 4. The maximum absolute atomic E-state index is 11.8. The molecule has 2 aliphatic heterocycles. The molecule has 0 aliphatic carbocycles. The molecule has 2 aliphatic rings. The lowest BCUT2D eigenvalue weighted by molar-refractivity contribution is 0.0983. The van der Waals surface area contributed by atoms with Crippen molar-refractivity contribution in [2.75, 3.05) is 43.0 Å². The fourth-order valence-electron chi connectivity index (χ4n) is 3.60. The fourth-order valence-corrected chi connectivity index (χ4v) is 3.60. The largest absolute Gasteiger partial charge is 0.450 e. The Morgan fingerprint density at radius 2 is 2.12 bits per heavy atom. The summed E-state index contributed by atoms with van der Waals surface area (Å²) in [5.74, 6) is 2.41. The number of anilines is 2. The molecular formula is C18H29N5O2. The van der Waals surface area contributed by atoms with Crippen LogP contribution in [0.25, 0.3) is 0 Å². The smallest absolute Gasteiger partial charge is 0.409 e. The van der Waals surface area contributed by atoms with E-state index < -0.39 is 0 Å². The van der Waals surface area contributed by atoms with Crippen LogP contribution in [0.1, 0.15) is 39.5 Å². The summed E-state index contributed by atoms with van der Waals surface area (Å²) in [6.45, 7) is 8.10. The molecule has 2 fully saturated rings. The topological polar surface area (TPSA) is 70.6 Å². The molecule has 1 aromatic rings. The van der Waals surface area contributed by atoms with Gasteiger partial charge in [-0.15, -0.1) is 0 Å². The maximum Gasteiger partial charge on any atom is 0.409 e. The summed E-state index contributed by atoms with van der Waals surface area (Å²) in [6, 6.07) is 2.29. The van der Waals surface area contributed by atoms with Gasteiger partial charge < -0.3 is 19.9 Å². The van der Waals surface area contributed by atoms with Crippen molar-refractivity contribution in [1.82, 2.24) is 14.9 Å². The first-order valence-electron chi connectivity index (χ1n) is 9.42. The summed E-state index contributed by atoms with van der Waals surface area (Å²) in [7, 11) is 0. The van der Waals surface area contributed by atoms with Gasteiger partial charge in [-0.25, -0.2) is 9.78 Å². The fraction of sp³-hybridized carbons (Fsp3) is 0.722. The van der Waals surface area contributed by atoms with Crippen molar-refractivity contribution in [3.05, 3.63) is 12.3 Å². The zero-order valence-electron chi connectivity index (χ0n) is 15.3. The lowest BCUT2D eigenvalue weighted by atomic mass is 10.0. The number of ether oxygens (including phenoxy) is 1. The van der Waals surface area contributed by atoms with E-state index in [0.29, 0.717) is 37.6 Å². The van der Waals surface area contributed by atoms with Gasteiger partial charge >= 0.3 is 6.09 Å². The van der Waals surface area contributed by atoms with Gasteiger partial charge in [-0.05, 0) is 44.6 Å². The summed E-state index contributed by atoms with van der Waals surface area (Å²) in [6.07, 6.45) is 5.91. The zero-order chi connectivity index (χ0) is 17.6. The molecule has 1 amide bonds. The normalized spacial score (nSPS) is 21.9. The highest BCUT2D eigenvalue weighted by atomic mass is 16.6. The van der Waals surface area contributed by atoms with Crippen LogP contribution in [-0.2, 0) is 4.74 Å². The number of nitrogens with one attached hydrogen (secondary N) is 1. The van der Waals surface area contributed by atoms with Gasteiger partial charge in [0.1, 0.15) is 5.82 Å². The molecule has 25 heavy (non-hydrogen) atoms. The predicted molar refractivity (Wildman–Crippen MR) is 97.9 cm³/mol. The molecule has 7 heteroatoms. The SMILES string of the molecule is CCOC(=O)N1CCC(Nc2nccc(N3CCCC(C)C3)n2)CC1. The van der Waals surface area contributed by atoms with E-state index in [4.69, 9.17) is 9.72 Å². The lowest BCUT2D eigenvalue weighted by Gasteiger charge is -2.33. The lowest BCUT2D eigenvalue weighted by Crippen LogP contribution is -2.42. The Hall–Kier alpha value is -2.05. The van der Waals surface area contributed by atoms with Crippen LogP contribution < -0.4 is 10.2 Å². The second-order valence-corrected chi connectivity index (χ2v) is 7.04. The third kappa shape index (κ3) is 4.74. The minimum atomic E-state index is -0.210. The molecule has 2 saturated heterocycles. The monoisotopic (exact) mass is 347 g/mol. The first-order valence-corrected chi connectivity index (χ1v) is 9.42. The van der Waals surface area contributed by atoms with Crippen molar-refractivity contribution in [3.63, 3.8) is 0 Å². The Bertz CT molecular complexity index is 574. The summed E-state index contributed by atoms with van der Waals surface area (Å²) in [5, 5.41) is 3.44. The highest BCUT2D eigenvalue weighted by Gasteiger charge is 2.24. The van der Waals surface area contributed by atoms with Gasteiger partial charge in [-0.3, -0.25) is 0 Å². The molecule has 3 rings (SSSR count). The minimum absolute atomic E-state index is 0.210. The van der Waals surface area contributed by atoms with E-state index >= 15 is 0 Å². The van der Waals surface area contributed by atoms with Crippen LogP contribution in [0.5, 0.6) is 0 Å². The van der Waals surface area contributed by atoms with E-state index in [1.807, 2.05) is 19.2 Å². The van der Waals surface area contributed by atoms with Crippen molar-refractivity contribution in [2.45, 2.75) is 45.6 Å². The third-order valence-electron chi connectivity index (χ3n) is 4.98. The number of piperidine rings is 2. The van der Waals surface area contributed by atoms with Crippen molar-refractivity contribution in [3.8, 4) is 0 Å². The van der Waals surface area contributed by atoms with Crippen LogP contribution in [0, 0.1) is 5.92 Å². The average Bonchev–Trinajstić information content (AvgIpc) is 2.63. The number of likely N-dealkylation sites (tertiary alicyclic amines) is 1. The van der Waals surface area contributed by atoms with E-state index in [1.54, 1.807) is 4.90 Å². The Balaban J connectivity index is 1.54. The molecule has 0 saturated carbocycles. The molecule has 0 spiro atoms. The highest BCUT2D eigenvalue weighted by Crippen LogP contribution is 2.22. The molecule has 0 radical (unpaired) electrons. The molecule has 1 atom stereocenters. The first-order chi connectivity index (χ1) is 12.2. The van der Waals surface area contributed by atoms with Gasteiger partial charge in [0.05, 0.1) is 6.61 Å². The predicted octanol–water partition coefficient (Wildman–Crippen LogP) is 2.75. The molecule has 3 heterocycles. The zero-order valence-corrected chi connectivity index (χ0v) is 15.3. The number of aromatic nitrogens is 2. The van der Waals surface area contributed by atoms with Gasteiger partial charge in [0.25, 0.3) is 0 Å². The van der Waals surface area contributed by atoms with Gasteiger partial charge in [-0.2, -0.15) is 4.98 Å². The van der Waals surface area contributed by atoms with Gasteiger partial charge in [0, 0.05) is 38.4 Å². The highest BCUT2D eigenvalue weighted by molar-refractivity contribution is 5.67. The third-order valence-corrected chi connectivity index (χ3v) is 4.98. The summed E-state index contributed by atoms with van der Waals surface area (Å²) in [4.78, 5) is 25.0. The number of amides is 1. The van der Waals surface area contributed by atoms with Crippen molar-refractivity contribution in [1.29, 1.82) is 0 Å². The molecule has 1 N–H and O–H groups in total. The standard InChI is InChI=1S/C18H29N5O2/c1-3-25-18(24)22-11-7-15(8-12-22)20-17-19-9-6-16(21-17)23-10-4-5-14(2)13-23/h6,9,14-15H,3-5,7-8,10-13H2,1-2H3,(H,19,20,21). The van der Waals surface area contributed by atoms with Crippen LogP contribution in [0.3, 0.4) is 0 Å².